The summed E-state index contributed by atoms with van der Waals surface area (Å²) in [4.78, 5) is 31.6. The minimum Gasteiger partial charge on any atom is -0.453 e. The molecule has 0 bridgehead atoms. The number of aryl methyl sites for hydroxylation is 2. The van der Waals surface area contributed by atoms with Gasteiger partial charge in [-0.3, -0.25) is 20.2 Å². The molecule has 14 nitrogen and oxygen atoms in total. The molecule has 3 aromatic rings. The minimum atomic E-state index is -0.566. The van der Waals surface area contributed by atoms with Crippen molar-refractivity contribution in [3.8, 4) is 11.5 Å². The van der Waals surface area contributed by atoms with Crippen LogP contribution in [0.1, 0.15) is 85.1 Å². The molecule has 3 aromatic carbocycles. The molecule has 2 aliphatic rings. The molecule has 0 spiro atoms. The Morgan fingerprint density at radius 2 is 1.33 bits per heavy atom. The number of nitrogens with zero attached hydrogens (tertiary/aromatic N) is 3. The highest BCUT2D eigenvalue weighted by Crippen LogP contribution is 2.43. The van der Waals surface area contributed by atoms with Crippen molar-refractivity contribution in [2.75, 3.05) is 33.2 Å². The molecule has 2 aliphatic heterocycles. The SMILES string of the molecule is CCOC(C)c1cc(C)c(C)c(N=O)c1.CCOC(C)c1cc(C)c(C)c([N+](=O)[O-])c1.O=[N+]([O-])c1cc(C2OCCO2)cc2c1OCO2. The second-order valence-corrected chi connectivity index (χ2v) is 11.1. The average Bonchev–Trinajstić information content (AvgIpc) is 3.76. The topological polar surface area (TPSA) is 171 Å². The van der Waals surface area contributed by atoms with E-state index < -0.39 is 11.2 Å². The second-order valence-electron chi connectivity index (χ2n) is 11.1. The van der Waals surface area contributed by atoms with Crippen molar-refractivity contribution in [2.45, 2.75) is 73.9 Å². The molecule has 0 radical (unpaired) electrons. The van der Waals surface area contributed by atoms with Crippen LogP contribution in [-0.2, 0) is 18.9 Å². The van der Waals surface area contributed by atoms with Crippen LogP contribution in [0.3, 0.4) is 0 Å². The number of rotatable bonds is 10. The number of nitro groups is 2. The molecule has 0 N–H and O–H groups in total. The van der Waals surface area contributed by atoms with E-state index in [9.17, 15) is 25.1 Å². The molecule has 2 atom stereocenters. The third kappa shape index (κ3) is 9.53. The van der Waals surface area contributed by atoms with Crippen molar-refractivity contribution in [1.82, 2.24) is 0 Å². The van der Waals surface area contributed by atoms with Crippen molar-refractivity contribution >= 4 is 17.1 Å². The van der Waals surface area contributed by atoms with E-state index >= 15 is 0 Å². The highest BCUT2D eigenvalue weighted by molar-refractivity contribution is 5.59. The lowest BCUT2D eigenvalue weighted by Crippen LogP contribution is -2.03. The number of benzene rings is 3. The van der Waals surface area contributed by atoms with E-state index in [0.717, 1.165) is 33.4 Å². The minimum absolute atomic E-state index is 0.00793. The van der Waals surface area contributed by atoms with Gasteiger partial charge in [0.25, 0.3) is 5.69 Å². The van der Waals surface area contributed by atoms with Gasteiger partial charge in [-0.25, -0.2) is 0 Å². The molecular formula is C34H43N3O11. The van der Waals surface area contributed by atoms with E-state index in [1.807, 2.05) is 60.6 Å². The standard InChI is InChI=1S/C12H17NO3.C12H17NO2.C10H9NO6/c1-5-16-10(4)11-6-8(2)9(3)12(7-11)13(14)15;1-5-15-10(4)11-6-8(2)9(3)12(7-11)13-14;12-11(13)7-3-6(10-14-1-2-15-10)4-8-9(7)17-5-16-8/h6-7,10H,5H2,1-4H3;6-7,10H,5H2,1-4H3;3-4,10H,1-2,5H2. The van der Waals surface area contributed by atoms with Crippen LogP contribution >= 0.6 is 0 Å². The second kappa shape index (κ2) is 17.6. The molecule has 0 aromatic heterocycles. The van der Waals surface area contributed by atoms with Gasteiger partial charge in [-0.1, -0.05) is 12.1 Å². The fourth-order valence-corrected chi connectivity index (χ4v) is 5.02. The predicted molar refractivity (Wildman–Crippen MR) is 178 cm³/mol. The Hall–Kier alpha value is -4.50. The number of fused-ring (bicyclic) bond motifs is 1. The Bertz CT molecular complexity index is 1610. The number of hydrogen-bond acceptors (Lipinski definition) is 12. The van der Waals surface area contributed by atoms with Gasteiger partial charge in [-0.2, -0.15) is 0 Å². The van der Waals surface area contributed by atoms with Crippen LogP contribution in [0.15, 0.2) is 41.6 Å². The van der Waals surface area contributed by atoms with Gasteiger partial charge in [0.2, 0.25) is 12.5 Å². The molecule has 14 heteroatoms. The van der Waals surface area contributed by atoms with Crippen LogP contribution in [0.4, 0.5) is 17.1 Å². The van der Waals surface area contributed by atoms with Gasteiger partial charge in [-0.15, -0.1) is 4.91 Å². The summed E-state index contributed by atoms with van der Waals surface area (Å²) in [6.45, 7) is 17.5. The number of ether oxygens (including phenoxy) is 6. The zero-order chi connectivity index (χ0) is 35.5. The Balaban J connectivity index is 0.000000196. The molecular weight excluding hydrogens is 626 g/mol. The van der Waals surface area contributed by atoms with Gasteiger partial charge in [0.05, 0.1) is 35.3 Å². The van der Waals surface area contributed by atoms with Gasteiger partial charge < -0.3 is 28.4 Å². The molecule has 0 saturated carbocycles. The monoisotopic (exact) mass is 669 g/mol. The maximum atomic E-state index is 10.9. The summed E-state index contributed by atoms with van der Waals surface area (Å²) in [5.74, 6) is 0.519. The first-order chi connectivity index (χ1) is 22.8. The molecule has 0 aliphatic carbocycles. The van der Waals surface area contributed by atoms with Crippen LogP contribution < -0.4 is 9.47 Å². The molecule has 1 saturated heterocycles. The summed E-state index contributed by atoms with van der Waals surface area (Å²) < 4.78 is 31.7. The summed E-state index contributed by atoms with van der Waals surface area (Å²) in [6.07, 6.45) is -0.666. The molecule has 1 fully saturated rings. The van der Waals surface area contributed by atoms with Gasteiger partial charge in [0, 0.05) is 36.5 Å². The van der Waals surface area contributed by atoms with Crippen molar-refractivity contribution in [3.63, 3.8) is 0 Å². The molecule has 2 unspecified atom stereocenters. The summed E-state index contributed by atoms with van der Waals surface area (Å²) >= 11 is 0. The quantitative estimate of drug-likeness (QED) is 0.115. The first-order valence-electron chi connectivity index (χ1n) is 15.6. The Labute approximate surface area is 279 Å². The Morgan fingerprint density at radius 1 is 0.792 bits per heavy atom. The molecule has 0 amide bonds. The summed E-state index contributed by atoms with van der Waals surface area (Å²) in [5.41, 5.74) is 6.65. The average molecular weight is 670 g/mol. The summed E-state index contributed by atoms with van der Waals surface area (Å²) in [6, 6.07) is 10.4. The van der Waals surface area contributed by atoms with Crippen LogP contribution in [0.5, 0.6) is 11.5 Å². The van der Waals surface area contributed by atoms with Crippen LogP contribution in [0.25, 0.3) is 0 Å². The lowest BCUT2D eigenvalue weighted by Gasteiger charge is -2.14. The van der Waals surface area contributed by atoms with Gasteiger partial charge in [-0.05, 0) is 101 Å². The maximum Gasteiger partial charge on any atom is 0.315 e. The lowest BCUT2D eigenvalue weighted by molar-refractivity contribution is -0.385. The zero-order valence-electron chi connectivity index (χ0n) is 28.6. The largest absolute Gasteiger partial charge is 0.453 e. The summed E-state index contributed by atoms with van der Waals surface area (Å²) in [7, 11) is 0. The van der Waals surface area contributed by atoms with Crippen molar-refractivity contribution in [2.24, 2.45) is 5.18 Å². The van der Waals surface area contributed by atoms with Crippen LogP contribution in [-0.4, -0.2) is 43.1 Å². The fourth-order valence-electron chi connectivity index (χ4n) is 5.02. The highest BCUT2D eigenvalue weighted by atomic mass is 16.7. The zero-order valence-corrected chi connectivity index (χ0v) is 28.6. The molecule has 2 heterocycles. The van der Waals surface area contributed by atoms with Crippen LogP contribution in [0, 0.1) is 52.8 Å². The molecule has 48 heavy (non-hydrogen) atoms. The van der Waals surface area contributed by atoms with Crippen molar-refractivity contribution in [3.05, 3.63) is 100 Å². The van der Waals surface area contributed by atoms with E-state index in [2.05, 4.69) is 5.18 Å². The van der Waals surface area contributed by atoms with Gasteiger partial charge >= 0.3 is 5.69 Å². The van der Waals surface area contributed by atoms with E-state index in [1.54, 1.807) is 25.1 Å². The van der Waals surface area contributed by atoms with Gasteiger partial charge in [0.1, 0.15) is 5.69 Å². The normalized spacial score (nSPS) is 14.7. The lowest BCUT2D eigenvalue weighted by atomic mass is 10.0. The maximum absolute atomic E-state index is 10.9. The van der Waals surface area contributed by atoms with Crippen molar-refractivity contribution in [1.29, 1.82) is 0 Å². The number of nitroso groups, excluding NO2 is 1. The van der Waals surface area contributed by atoms with Crippen LogP contribution in [0.2, 0.25) is 0 Å². The van der Waals surface area contributed by atoms with E-state index in [0.29, 0.717) is 43.4 Å². The summed E-state index contributed by atoms with van der Waals surface area (Å²) in [5, 5.41) is 24.8. The highest BCUT2D eigenvalue weighted by Gasteiger charge is 2.30. The third-order valence-corrected chi connectivity index (χ3v) is 7.96. The number of nitro benzene ring substituents is 2. The van der Waals surface area contributed by atoms with Gasteiger partial charge in [0.15, 0.2) is 12.0 Å². The fraction of sp³-hybridized carbons (Fsp3) is 0.471. The van der Waals surface area contributed by atoms with E-state index in [1.165, 1.54) is 6.07 Å². The third-order valence-electron chi connectivity index (χ3n) is 7.96. The Morgan fingerprint density at radius 3 is 1.85 bits per heavy atom. The Kier molecular flexibility index (Phi) is 13.9. The molecule has 260 valence electrons. The first kappa shape index (κ1) is 38.0. The smallest absolute Gasteiger partial charge is 0.315 e. The van der Waals surface area contributed by atoms with E-state index in [4.69, 9.17) is 28.4 Å². The predicted octanol–water partition coefficient (Wildman–Crippen LogP) is 8.48. The van der Waals surface area contributed by atoms with Crippen molar-refractivity contribution < 1.29 is 38.3 Å². The van der Waals surface area contributed by atoms with E-state index in [-0.39, 0.29) is 41.0 Å². The number of hydrogen-bond donors (Lipinski definition) is 0. The first-order valence-corrected chi connectivity index (χ1v) is 15.6. The molecule has 5 rings (SSSR count).